The number of nitrogens with zero attached hydrogens (tertiary/aromatic N) is 4. The van der Waals surface area contributed by atoms with Gasteiger partial charge in [0.15, 0.2) is 28.1 Å². The zero-order valence-corrected chi connectivity index (χ0v) is 42.4. The van der Waals surface area contributed by atoms with E-state index in [1.54, 1.807) is 27.7 Å². The highest BCUT2D eigenvalue weighted by molar-refractivity contribution is 6.53. The Morgan fingerprint density at radius 1 is 0.529 bits per heavy atom. The van der Waals surface area contributed by atoms with E-state index < -0.39 is 160 Å². The van der Waals surface area contributed by atoms with Crippen LogP contribution in [0.3, 0.4) is 0 Å². The molecule has 4 heterocycles. The molecule has 0 spiro atoms. The van der Waals surface area contributed by atoms with Gasteiger partial charge in [-0.2, -0.15) is 0 Å². The topological polar surface area (TPSA) is 301 Å². The average molecular weight is 1030 g/mol. The van der Waals surface area contributed by atoms with Crippen molar-refractivity contribution >= 4 is 99.6 Å². The zero-order chi connectivity index (χ0) is 52.8. The van der Waals surface area contributed by atoms with E-state index in [1.807, 2.05) is 0 Å². The molecule has 0 aromatic rings. The van der Waals surface area contributed by atoms with Gasteiger partial charge in [0.2, 0.25) is 47.3 Å². The molecule has 0 saturated carbocycles. The molecule has 388 valence electrons. The number of ether oxygens (including phenoxy) is 2. The first-order valence-electron chi connectivity index (χ1n) is 23.2. The average Bonchev–Trinajstić information content (AvgIpc) is 4.12. The van der Waals surface area contributed by atoms with Gasteiger partial charge < -0.3 is 40.5 Å². The molecule has 4 unspecified atom stereocenters. The Kier molecular flexibility index (Phi) is 19.7. The summed E-state index contributed by atoms with van der Waals surface area (Å²) >= 11 is 12.9. The van der Waals surface area contributed by atoms with Crippen LogP contribution in [-0.4, -0.2) is 195 Å². The van der Waals surface area contributed by atoms with Crippen LogP contribution in [0.25, 0.3) is 0 Å². The van der Waals surface area contributed by atoms with Gasteiger partial charge in [0.25, 0.3) is 11.8 Å². The number of hydrogen-bond acceptors (Lipinski definition) is 15. The molecule has 25 heteroatoms. The summed E-state index contributed by atoms with van der Waals surface area (Å²) in [6.07, 6.45) is -1.41. The lowest BCUT2D eigenvalue weighted by Gasteiger charge is -2.31. The van der Waals surface area contributed by atoms with Gasteiger partial charge in [-0.3, -0.25) is 72.1 Å². The highest BCUT2D eigenvalue weighted by Gasteiger charge is 2.48. The van der Waals surface area contributed by atoms with E-state index in [-0.39, 0.29) is 38.8 Å². The molecule has 4 aliphatic rings. The van der Waals surface area contributed by atoms with Crippen LogP contribution >= 0.6 is 23.2 Å². The van der Waals surface area contributed by atoms with Crippen molar-refractivity contribution in [2.45, 2.75) is 165 Å². The second kappa shape index (κ2) is 24.2. The third kappa shape index (κ3) is 12.4. The Morgan fingerprint density at radius 2 is 0.857 bits per heavy atom. The Labute approximate surface area is 415 Å². The van der Waals surface area contributed by atoms with Crippen molar-refractivity contribution < 1.29 is 71.8 Å². The first-order valence-corrected chi connectivity index (χ1v) is 24.1. The van der Waals surface area contributed by atoms with Crippen LogP contribution in [0, 0.1) is 11.8 Å². The van der Waals surface area contributed by atoms with Crippen molar-refractivity contribution in [2.24, 2.45) is 11.8 Å². The molecule has 4 fully saturated rings. The van der Waals surface area contributed by atoms with Crippen molar-refractivity contribution in [3.63, 3.8) is 0 Å². The first kappa shape index (κ1) is 57.2. The molecule has 70 heavy (non-hydrogen) atoms. The summed E-state index contributed by atoms with van der Waals surface area (Å²) < 4.78 is 10.0. The van der Waals surface area contributed by atoms with Gasteiger partial charge in [0, 0.05) is 27.3 Å². The number of amides is 10. The van der Waals surface area contributed by atoms with Crippen LogP contribution in [0.5, 0.6) is 0 Å². The molecule has 23 nitrogen and oxygen atoms in total. The molecule has 0 radical (unpaired) electrons. The first-order chi connectivity index (χ1) is 32.7. The van der Waals surface area contributed by atoms with Crippen LogP contribution in [0.15, 0.2) is 0 Å². The molecule has 4 rings (SSSR count). The highest BCUT2D eigenvalue weighted by atomic mass is 35.5. The minimum Gasteiger partial charge on any atom is -0.371 e. The zero-order valence-electron chi connectivity index (χ0n) is 40.9. The number of carbonyl (C=O) groups excluding carboxylic acids is 13. The smallest absolute Gasteiger partial charge is 0.259 e. The van der Waals surface area contributed by atoms with E-state index in [4.69, 9.17) is 32.7 Å². The minimum absolute atomic E-state index is 0.112. The van der Waals surface area contributed by atoms with Crippen LogP contribution in [-0.2, 0) is 71.8 Å². The summed E-state index contributed by atoms with van der Waals surface area (Å²) in [5.74, 6) is -11.6. The van der Waals surface area contributed by atoms with Crippen molar-refractivity contribution in [1.82, 2.24) is 40.9 Å². The van der Waals surface area contributed by atoms with Crippen LogP contribution in [0.2, 0.25) is 0 Å². The molecule has 4 aliphatic heterocycles. The van der Waals surface area contributed by atoms with E-state index in [0.29, 0.717) is 12.8 Å². The van der Waals surface area contributed by atoms with Crippen molar-refractivity contribution in [3.05, 3.63) is 0 Å². The number of Topliss-reactive ketones (excluding diaryl/α,β-unsaturated/α-hetero) is 3. The van der Waals surface area contributed by atoms with Gasteiger partial charge in [-0.1, -0.05) is 27.7 Å². The number of ketones is 3. The SMILES string of the molecule is COC1CC(=O)N([C@@H](C)C(=O)N[C@@H](C)C(=O)N2CCC[C@H]2C(=O)N[C@H](C(=O)C(Cl)C(=O)C(Cl)C(=O)[C@@H](NC(=O)[C@@H]2CCCN2C(=O)[C@H](C)NC(=O)[C@H](C)N2C(=O)CC(OC)C2=O)C(C)C)C(C)C)C1=O. The molecule has 0 aromatic carbocycles. The fourth-order valence-corrected chi connectivity index (χ4v) is 9.50. The van der Waals surface area contributed by atoms with Crippen LogP contribution < -0.4 is 21.3 Å². The van der Waals surface area contributed by atoms with E-state index in [2.05, 4.69) is 21.3 Å². The lowest BCUT2D eigenvalue weighted by Crippen LogP contribution is -2.59. The van der Waals surface area contributed by atoms with E-state index in [9.17, 15) is 62.3 Å². The van der Waals surface area contributed by atoms with E-state index in [1.165, 1.54) is 51.7 Å². The Balaban J connectivity index is 1.36. The molecular formula is C45H64Cl2N8O15. The summed E-state index contributed by atoms with van der Waals surface area (Å²) in [6.45, 7) is 11.9. The summed E-state index contributed by atoms with van der Waals surface area (Å²) in [7, 11) is 2.52. The minimum atomic E-state index is -2.06. The Hall–Kier alpha value is -5.39. The third-order valence-corrected chi connectivity index (χ3v) is 13.9. The maximum Gasteiger partial charge on any atom is 0.259 e. The molecule has 0 aromatic heterocycles. The summed E-state index contributed by atoms with van der Waals surface area (Å²) in [5.41, 5.74) is 0. The van der Waals surface area contributed by atoms with Crippen molar-refractivity contribution in [3.8, 4) is 0 Å². The van der Waals surface area contributed by atoms with E-state index >= 15 is 0 Å². The second-order valence-electron chi connectivity index (χ2n) is 18.6. The van der Waals surface area contributed by atoms with Crippen LogP contribution in [0.4, 0.5) is 0 Å². The number of likely N-dealkylation sites (tertiary alicyclic amines) is 4. The van der Waals surface area contributed by atoms with Gasteiger partial charge in [0.05, 0.1) is 24.9 Å². The van der Waals surface area contributed by atoms with Crippen molar-refractivity contribution in [1.29, 1.82) is 0 Å². The number of nitrogens with one attached hydrogen (secondary N) is 4. The van der Waals surface area contributed by atoms with Crippen LogP contribution in [0.1, 0.15) is 93.9 Å². The number of rotatable bonds is 22. The maximum atomic E-state index is 13.8. The lowest BCUT2D eigenvalue weighted by atomic mass is 9.91. The molecule has 4 saturated heterocycles. The summed E-state index contributed by atoms with van der Waals surface area (Å²) in [5, 5.41) is 6.04. The number of alkyl halides is 2. The third-order valence-electron chi connectivity index (χ3n) is 13.1. The van der Waals surface area contributed by atoms with Crippen molar-refractivity contribution in [2.75, 3.05) is 27.3 Å². The predicted molar refractivity (Wildman–Crippen MR) is 246 cm³/mol. The number of methoxy groups -OCH3 is 2. The molecule has 0 aliphatic carbocycles. The predicted octanol–water partition coefficient (Wildman–Crippen LogP) is -1.49. The van der Waals surface area contributed by atoms with Gasteiger partial charge in [0.1, 0.15) is 48.5 Å². The number of halogens is 2. The molecule has 4 N–H and O–H groups in total. The monoisotopic (exact) mass is 1030 g/mol. The molecule has 12 atom stereocenters. The molecule has 10 amide bonds. The second-order valence-corrected chi connectivity index (χ2v) is 19.5. The fourth-order valence-electron chi connectivity index (χ4n) is 8.91. The number of hydrogen-bond donors (Lipinski definition) is 4. The Morgan fingerprint density at radius 3 is 1.14 bits per heavy atom. The summed E-state index contributed by atoms with van der Waals surface area (Å²) in [4.78, 5) is 176. The quantitative estimate of drug-likeness (QED) is 0.0546. The Bertz CT molecular complexity index is 2000. The lowest BCUT2D eigenvalue weighted by molar-refractivity contribution is -0.149. The summed E-state index contributed by atoms with van der Waals surface area (Å²) in [6, 6.07) is -9.96. The number of imide groups is 2. The molecule has 0 bridgehead atoms. The highest BCUT2D eigenvalue weighted by Crippen LogP contribution is 2.25. The maximum absolute atomic E-state index is 13.8. The molecular weight excluding hydrogens is 963 g/mol. The van der Waals surface area contributed by atoms with Gasteiger partial charge >= 0.3 is 0 Å². The standard InChI is InChI=1S/C45H64Cl2N8O15/c1-19(2)33(50-40(63)25-13-11-15-52(25)42(65)21(5)48-38(61)23(7)54-29(56)17-27(69-9)44(54)67)36(59)31(46)35(58)32(47)37(60)34(20(3)4)51-41(64)26-14-12-16-53(26)43(66)22(6)49-39(62)24(8)55-30(57)18-28(70-10)45(55)68/h19-28,31-34H,11-18H2,1-10H3,(H,48,61)(H,49,62)(H,50,63)(H,51,64)/t21-,22-,23-,24-,25-,26-,27?,28?,31?,32?,33-,34-/m0/s1. The van der Waals surface area contributed by atoms with Gasteiger partial charge in [-0.15, -0.1) is 23.2 Å². The normalized spacial score (nSPS) is 24.0. The fraction of sp³-hybridized carbons (Fsp3) is 0.711. The van der Waals surface area contributed by atoms with E-state index in [0.717, 1.165) is 9.80 Å². The number of carbonyl (C=O) groups is 13. The van der Waals surface area contributed by atoms with Gasteiger partial charge in [-0.05, 0) is 65.2 Å². The van der Waals surface area contributed by atoms with Gasteiger partial charge in [-0.25, -0.2) is 0 Å². The largest absolute Gasteiger partial charge is 0.371 e.